The molecule has 0 saturated heterocycles. The summed E-state index contributed by atoms with van der Waals surface area (Å²) >= 11 is 11.2. The van der Waals surface area contributed by atoms with E-state index in [1.807, 2.05) is 72.8 Å². The molecule has 5 heteroatoms. The third-order valence-corrected chi connectivity index (χ3v) is 5.02. The molecule has 0 aliphatic carbocycles. The minimum absolute atomic E-state index is 0.0457. The Balaban J connectivity index is 1.60. The third-order valence-electron chi connectivity index (χ3n) is 4.56. The van der Waals surface area contributed by atoms with E-state index in [-0.39, 0.29) is 16.4 Å². The number of rotatable bonds is 3. The van der Waals surface area contributed by atoms with Gasteiger partial charge in [-0.2, -0.15) is 0 Å². The first-order valence-electron chi connectivity index (χ1n) is 9.31. The highest BCUT2D eigenvalue weighted by atomic mass is 35.5. The van der Waals surface area contributed by atoms with Crippen LogP contribution in [0.5, 0.6) is 0 Å². The molecule has 0 atom stereocenters. The van der Waals surface area contributed by atoms with E-state index in [2.05, 4.69) is 31.4 Å². The Hall–Kier alpha value is -2.69. The summed E-state index contributed by atoms with van der Waals surface area (Å²) in [5.41, 5.74) is 4.74. The summed E-state index contributed by atoms with van der Waals surface area (Å²) in [6, 6.07) is 23.1. The second-order valence-corrected chi connectivity index (χ2v) is 8.66. The molecule has 3 aromatic carbocycles. The van der Waals surface area contributed by atoms with E-state index in [0.29, 0.717) is 10.6 Å². The van der Waals surface area contributed by atoms with Crippen molar-refractivity contribution in [1.29, 1.82) is 0 Å². The summed E-state index contributed by atoms with van der Waals surface area (Å²) in [7, 11) is 0. The zero-order valence-electron chi connectivity index (χ0n) is 16.6. The lowest BCUT2D eigenvalue weighted by atomic mass is 9.87. The minimum atomic E-state index is -0.235. The van der Waals surface area contributed by atoms with Crippen molar-refractivity contribution < 1.29 is 4.79 Å². The zero-order valence-corrected chi connectivity index (χ0v) is 18.2. The van der Waals surface area contributed by atoms with Crippen LogP contribution < -0.4 is 10.6 Å². The fourth-order valence-corrected chi connectivity index (χ4v) is 3.18. The number of halogens is 1. The molecule has 29 heavy (non-hydrogen) atoms. The number of hydrogen-bond donors (Lipinski definition) is 2. The lowest BCUT2D eigenvalue weighted by molar-refractivity contribution is 0.0977. The van der Waals surface area contributed by atoms with Gasteiger partial charge in [0, 0.05) is 16.3 Å². The summed E-state index contributed by atoms with van der Waals surface area (Å²) in [6.45, 7) is 6.41. The molecule has 0 aliphatic heterocycles. The number of nitrogens with one attached hydrogen (secondary N) is 2. The van der Waals surface area contributed by atoms with Crippen LogP contribution in [0.15, 0.2) is 72.8 Å². The fourth-order valence-electron chi connectivity index (χ4n) is 2.85. The van der Waals surface area contributed by atoms with Crippen LogP contribution in [0.1, 0.15) is 36.7 Å². The van der Waals surface area contributed by atoms with Gasteiger partial charge in [-0.05, 0) is 70.7 Å². The van der Waals surface area contributed by atoms with Crippen molar-refractivity contribution in [1.82, 2.24) is 5.32 Å². The van der Waals surface area contributed by atoms with Crippen molar-refractivity contribution in [3.8, 4) is 11.1 Å². The highest BCUT2D eigenvalue weighted by molar-refractivity contribution is 7.80. The summed E-state index contributed by atoms with van der Waals surface area (Å²) in [5, 5.41) is 6.73. The molecule has 0 heterocycles. The van der Waals surface area contributed by atoms with Crippen molar-refractivity contribution in [2.45, 2.75) is 26.2 Å². The quantitative estimate of drug-likeness (QED) is 0.477. The summed E-state index contributed by atoms with van der Waals surface area (Å²) < 4.78 is 0. The molecular weight excluding hydrogens is 400 g/mol. The Morgan fingerprint density at radius 3 is 1.86 bits per heavy atom. The van der Waals surface area contributed by atoms with Crippen LogP contribution in [0.25, 0.3) is 11.1 Å². The first-order valence-corrected chi connectivity index (χ1v) is 10.1. The Morgan fingerprint density at radius 1 is 0.828 bits per heavy atom. The molecule has 2 N–H and O–H groups in total. The monoisotopic (exact) mass is 422 g/mol. The maximum Gasteiger partial charge on any atom is 0.257 e. The zero-order chi connectivity index (χ0) is 21.0. The SMILES string of the molecule is CC(C)(C)c1ccc(C(=O)NC(=S)Nc2ccc(-c3ccc(Cl)cc3)cc2)cc1. The number of benzene rings is 3. The van der Waals surface area contributed by atoms with Crippen LogP contribution >= 0.6 is 23.8 Å². The van der Waals surface area contributed by atoms with Crippen LogP contribution in [0.4, 0.5) is 5.69 Å². The average molecular weight is 423 g/mol. The number of carbonyl (C=O) groups is 1. The Morgan fingerprint density at radius 2 is 1.34 bits per heavy atom. The molecule has 3 nitrogen and oxygen atoms in total. The molecule has 1 amide bonds. The smallest absolute Gasteiger partial charge is 0.257 e. The van der Waals surface area contributed by atoms with Crippen LogP contribution in [0.2, 0.25) is 5.02 Å². The van der Waals surface area contributed by atoms with Gasteiger partial charge < -0.3 is 5.32 Å². The maximum atomic E-state index is 12.4. The van der Waals surface area contributed by atoms with E-state index in [4.69, 9.17) is 23.8 Å². The Kier molecular flexibility index (Phi) is 6.36. The molecule has 0 bridgehead atoms. The second-order valence-electron chi connectivity index (χ2n) is 7.82. The number of anilines is 1. The van der Waals surface area contributed by atoms with Crippen molar-refractivity contribution in [2.24, 2.45) is 0 Å². The van der Waals surface area contributed by atoms with Gasteiger partial charge in [-0.25, -0.2) is 0 Å². The van der Waals surface area contributed by atoms with E-state index < -0.39 is 0 Å². The molecular formula is C24H23ClN2OS. The first-order chi connectivity index (χ1) is 13.7. The lowest BCUT2D eigenvalue weighted by Crippen LogP contribution is -2.34. The molecule has 3 aromatic rings. The second kappa shape index (κ2) is 8.76. The van der Waals surface area contributed by atoms with E-state index in [1.165, 1.54) is 5.56 Å². The average Bonchev–Trinajstić information content (AvgIpc) is 2.68. The van der Waals surface area contributed by atoms with Crippen LogP contribution in [0.3, 0.4) is 0 Å². The van der Waals surface area contributed by atoms with Gasteiger partial charge >= 0.3 is 0 Å². The van der Waals surface area contributed by atoms with Gasteiger partial charge in [0.15, 0.2) is 5.11 Å². The molecule has 0 fully saturated rings. The largest absolute Gasteiger partial charge is 0.332 e. The van der Waals surface area contributed by atoms with Gasteiger partial charge in [0.2, 0.25) is 0 Å². The van der Waals surface area contributed by atoms with Gasteiger partial charge in [-0.15, -0.1) is 0 Å². The molecule has 3 rings (SSSR count). The van der Waals surface area contributed by atoms with E-state index in [9.17, 15) is 4.79 Å². The van der Waals surface area contributed by atoms with Crippen molar-refractivity contribution in [2.75, 3.05) is 5.32 Å². The minimum Gasteiger partial charge on any atom is -0.332 e. The van der Waals surface area contributed by atoms with Gasteiger partial charge in [0.25, 0.3) is 5.91 Å². The molecule has 0 radical (unpaired) electrons. The molecule has 0 unspecified atom stereocenters. The van der Waals surface area contributed by atoms with E-state index >= 15 is 0 Å². The highest BCUT2D eigenvalue weighted by Gasteiger charge is 2.14. The van der Waals surface area contributed by atoms with Gasteiger partial charge in [-0.3, -0.25) is 10.1 Å². The van der Waals surface area contributed by atoms with Crippen LogP contribution in [-0.2, 0) is 5.41 Å². The third kappa shape index (κ3) is 5.66. The van der Waals surface area contributed by atoms with Crippen molar-refractivity contribution >= 4 is 40.5 Å². The van der Waals surface area contributed by atoms with E-state index in [0.717, 1.165) is 16.8 Å². The van der Waals surface area contributed by atoms with Gasteiger partial charge in [0.05, 0.1) is 0 Å². The normalized spacial score (nSPS) is 11.0. The maximum absolute atomic E-state index is 12.4. The molecule has 0 aromatic heterocycles. The molecule has 0 aliphatic rings. The first kappa shape index (κ1) is 21.0. The highest BCUT2D eigenvalue weighted by Crippen LogP contribution is 2.24. The molecule has 0 spiro atoms. The standard InChI is InChI=1S/C24H23ClN2OS/c1-24(2,3)19-10-4-18(5-11-19)22(28)27-23(29)26-21-14-8-17(9-15-21)16-6-12-20(25)13-7-16/h4-15H,1-3H3,(H2,26,27,28,29). The van der Waals surface area contributed by atoms with Crippen molar-refractivity contribution in [3.63, 3.8) is 0 Å². The summed E-state index contributed by atoms with van der Waals surface area (Å²) in [4.78, 5) is 12.4. The Labute approximate surface area is 182 Å². The number of amides is 1. The summed E-state index contributed by atoms with van der Waals surface area (Å²) in [6.07, 6.45) is 0. The van der Waals surface area contributed by atoms with Crippen LogP contribution in [0, 0.1) is 0 Å². The van der Waals surface area contributed by atoms with Gasteiger partial charge in [0.1, 0.15) is 0 Å². The number of thiocarbonyl (C=S) groups is 1. The lowest BCUT2D eigenvalue weighted by Gasteiger charge is -2.19. The predicted molar refractivity (Wildman–Crippen MR) is 126 cm³/mol. The molecule has 148 valence electrons. The number of carbonyl (C=O) groups excluding carboxylic acids is 1. The predicted octanol–water partition coefficient (Wildman–Crippen LogP) is 6.43. The fraction of sp³-hybridized carbons (Fsp3) is 0.167. The Bertz CT molecular complexity index is 1000. The van der Waals surface area contributed by atoms with Crippen LogP contribution in [-0.4, -0.2) is 11.0 Å². The van der Waals surface area contributed by atoms with E-state index in [1.54, 1.807) is 0 Å². The summed E-state index contributed by atoms with van der Waals surface area (Å²) in [5.74, 6) is -0.235. The topological polar surface area (TPSA) is 41.1 Å². The molecule has 0 saturated carbocycles. The van der Waals surface area contributed by atoms with Crippen molar-refractivity contribution in [3.05, 3.63) is 88.9 Å². The number of hydrogen-bond acceptors (Lipinski definition) is 2. The van der Waals surface area contributed by atoms with Gasteiger partial charge in [-0.1, -0.05) is 68.8 Å².